The van der Waals surface area contributed by atoms with Crippen molar-refractivity contribution in [3.05, 3.63) is 71.5 Å². The normalized spacial score (nSPS) is 15.9. The van der Waals surface area contributed by atoms with Crippen LogP contribution in [-0.4, -0.2) is 49.4 Å². The van der Waals surface area contributed by atoms with Crippen LogP contribution in [0.4, 0.5) is 4.39 Å². The first kappa shape index (κ1) is 19.7. The number of nitrogens with zero attached hydrogens (tertiary/aromatic N) is 1. The van der Waals surface area contributed by atoms with Crippen molar-refractivity contribution >= 4 is 17.3 Å². The molecule has 0 spiro atoms. The minimum absolute atomic E-state index is 0.128. The third kappa shape index (κ3) is 6.27. The smallest absolute Gasteiger partial charge is 0.166 e. The van der Waals surface area contributed by atoms with E-state index in [0.29, 0.717) is 11.7 Å². The minimum atomic E-state index is -0.217. The van der Waals surface area contributed by atoms with Crippen LogP contribution in [0.25, 0.3) is 0 Å². The first-order chi connectivity index (χ1) is 13.2. The van der Waals surface area contributed by atoms with Gasteiger partial charge in [-0.1, -0.05) is 42.5 Å². The van der Waals surface area contributed by atoms with Crippen LogP contribution >= 0.6 is 12.2 Å². The lowest BCUT2D eigenvalue weighted by atomic mass is 10.0. The van der Waals surface area contributed by atoms with E-state index < -0.39 is 0 Å². The van der Waals surface area contributed by atoms with Crippen LogP contribution in [0.2, 0.25) is 0 Å². The maximum Gasteiger partial charge on any atom is 0.166 e. The van der Waals surface area contributed by atoms with Crippen molar-refractivity contribution < 1.29 is 9.13 Å². The van der Waals surface area contributed by atoms with E-state index in [9.17, 15) is 4.39 Å². The summed E-state index contributed by atoms with van der Waals surface area (Å²) < 4.78 is 18.8. The molecule has 4 nitrogen and oxygen atoms in total. The van der Waals surface area contributed by atoms with Gasteiger partial charge < -0.3 is 15.4 Å². The van der Waals surface area contributed by atoms with E-state index in [1.165, 1.54) is 17.7 Å². The molecule has 2 aromatic rings. The van der Waals surface area contributed by atoms with E-state index in [1.54, 1.807) is 0 Å². The Morgan fingerprint density at radius 3 is 2.44 bits per heavy atom. The highest BCUT2D eigenvalue weighted by atomic mass is 32.1. The van der Waals surface area contributed by atoms with E-state index in [0.717, 1.165) is 44.8 Å². The monoisotopic (exact) mass is 387 g/mol. The second-order valence-corrected chi connectivity index (χ2v) is 7.00. The van der Waals surface area contributed by atoms with Crippen LogP contribution in [-0.2, 0) is 11.2 Å². The minimum Gasteiger partial charge on any atom is -0.379 e. The van der Waals surface area contributed by atoms with E-state index in [2.05, 4.69) is 27.7 Å². The second kappa shape index (κ2) is 10.3. The zero-order chi connectivity index (χ0) is 18.9. The maximum atomic E-state index is 13.3. The van der Waals surface area contributed by atoms with Gasteiger partial charge in [0.2, 0.25) is 0 Å². The lowest BCUT2D eigenvalue weighted by Crippen LogP contribution is -2.45. The third-order valence-electron chi connectivity index (χ3n) is 4.74. The number of ether oxygens (including phenoxy) is 1. The van der Waals surface area contributed by atoms with Gasteiger partial charge >= 0.3 is 0 Å². The highest BCUT2D eigenvalue weighted by molar-refractivity contribution is 7.80. The molecule has 0 aromatic heterocycles. The highest BCUT2D eigenvalue weighted by Gasteiger charge is 2.22. The summed E-state index contributed by atoms with van der Waals surface area (Å²) in [4.78, 5) is 2.36. The van der Waals surface area contributed by atoms with Crippen molar-refractivity contribution in [1.29, 1.82) is 0 Å². The summed E-state index contributed by atoms with van der Waals surface area (Å²) in [5.74, 6) is -0.217. The van der Waals surface area contributed by atoms with Gasteiger partial charge in [-0.15, -0.1) is 0 Å². The Bertz CT molecular complexity index is 705. The SMILES string of the molecule is Fc1ccc([C@@H](CNC(=S)NCCc2ccccc2)N2CCOCC2)cc1. The Kier molecular flexibility index (Phi) is 7.56. The fraction of sp³-hybridized carbons (Fsp3) is 0.381. The van der Waals surface area contributed by atoms with Crippen molar-refractivity contribution in [2.24, 2.45) is 0 Å². The van der Waals surface area contributed by atoms with E-state index in [1.807, 2.05) is 30.3 Å². The standard InChI is InChI=1S/C21H26FN3OS/c22-19-8-6-18(7-9-19)20(25-12-14-26-15-13-25)16-24-21(27)23-11-10-17-4-2-1-3-5-17/h1-9,20H,10-16H2,(H2,23,24,27)/t20-/m1/s1. The van der Waals surface area contributed by atoms with Crippen molar-refractivity contribution in [1.82, 2.24) is 15.5 Å². The molecular weight excluding hydrogens is 361 g/mol. The Morgan fingerprint density at radius 2 is 1.74 bits per heavy atom. The van der Waals surface area contributed by atoms with Gasteiger partial charge in [0.05, 0.1) is 19.3 Å². The van der Waals surface area contributed by atoms with E-state index in [-0.39, 0.29) is 11.9 Å². The van der Waals surface area contributed by atoms with Gasteiger partial charge in [-0.05, 0) is 41.9 Å². The number of benzene rings is 2. The molecule has 1 heterocycles. The molecule has 0 aliphatic carbocycles. The molecule has 0 amide bonds. The van der Waals surface area contributed by atoms with Gasteiger partial charge in [-0.25, -0.2) is 4.39 Å². The molecule has 2 aromatic carbocycles. The first-order valence-electron chi connectivity index (χ1n) is 9.35. The van der Waals surface area contributed by atoms with E-state index >= 15 is 0 Å². The molecular formula is C21H26FN3OS. The van der Waals surface area contributed by atoms with Gasteiger partial charge in [0.1, 0.15) is 5.82 Å². The fourth-order valence-corrected chi connectivity index (χ4v) is 3.43. The highest BCUT2D eigenvalue weighted by Crippen LogP contribution is 2.21. The number of nitrogens with one attached hydrogen (secondary N) is 2. The molecule has 2 N–H and O–H groups in total. The Balaban J connectivity index is 1.52. The molecule has 1 saturated heterocycles. The van der Waals surface area contributed by atoms with Crippen LogP contribution in [0, 0.1) is 5.82 Å². The second-order valence-electron chi connectivity index (χ2n) is 6.59. The van der Waals surface area contributed by atoms with Crippen molar-refractivity contribution in [2.75, 3.05) is 39.4 Å². The molecule has 0 unspecified atom stereocenters. The molecule has 0 bridgehead atoms. The lowest BCUT2D eigenvalue weighted by molar-refractivity contribution is 0.0170. The summed E-state index contributed by atoms with van der Waals surface area (Å²) in [5.41, 5.74) is 2.36. The summed E-state index contributed by atoms with van der Waals surface area (Å²) in [6.45, 7) is 4.61. The summed E-state index contributed by atoms with van der Waals surface area (Å²) in [5, 5.41) is 7.24. The van der Waals surface area contributed by atoms with Crippen LogP contribution in [0.5, 0.6) is 0 Å². The average molecular weight is 388 g/mol. The van der Waals surface area contributed by atoms with Gasteiger partial charge in [0, 0.05) is 26.2 Å². The lowest BCUT2D eigenvalue weighted by Gasteiger charge is -2.35. The Hall–Kier alpha value is -2.02. The predicted molar refractivity (Wildman–Crippen MR) is 110 cm³/mol. The van der Waals surface area contributed by atoms with Crippen molar-refractivity contribution in [3.8, 4) is 0 Å². The first-order valence-corrected chi connectivity index (χ1v) is 9.76. The molecule has 1 fully saturated rings. The molecule has 6 heteroatoms. The molecule has 3 rings (SSSR count). The largest absolute Gasteiger partial charge is 0.379 e. The van der Waals surface area contributed by atoms with Crippen LogP contribution in [0.3, 0.4) is 0 Å². The molecule has 1 atom stereocenters. The fourth-order valence-electron chi connectivity index (χ4n) is 3.25. The van der Waals surface area contributed by atoms with Gasteiger partial charge in [-0.3, -0.25) is 4.90 Å². The van der Waals surface area contributed by atoms with Crippen LogP contribution in [0.15, 0.2) is 54.6 Å². The van der Waals surface area contributed by atoms with Crippen molar-refractivity contribution in [3.63, 3.8) is 0 Å². The number of rotatable bonds is 7. The number of hydrogen-bond donors (Lipinski definition) is 2. The summed E-state index contributed by atoms with van der Waals surface area (Å²) >= 11 is 5.43. The zero-order valence-electron chi connectivity index (χ0n) is 15.4. The van der Waals surface area contributed by atoms with Gasteiger partial charge in [0.25, 0.3) is 0 Å². The number of hydrogen-bond acceptors (Lipinski definition) is 3. The Morgan fingerprint density at radius 1 is 1.04 bits per heavy atom. The average Bonchev–Trinajstić information content (AvgIpc) is 2.71. The molecule has 1 aliphatic rings. The van der Waals surface area contributed by atoms with Crippen molar-refractivity contribution in [2.45, 2.75) is 12.5 Å². The number of thiocarbonyl (C=S) groups is 1. The summed E-state index contributed by atoms with van der Waals surface area (Å²) in [7, 11) is 0. The number of morpholine rings is 1. The topological polar surface area (TPSA) is 36.5 Å². The third-order valence-corrected chi connectivity index (χ3v) is 5.03. The zero-order valence-corrected chi connectivity index (χ0v) is 16.2. The predicted octanol–water partition coefficient (Wildman–Crippen LogP) is 2.91. The summed E-state index contributed by atoms with van der Waals surface area (Å²) in [6, 6.07) is 17.2. The maximum absolute atomic E-state index is 13.3. The molecule has 27 heavy (non-hydrogen) atoms. The Labute approximate surface area is 165 Å². The molecule has 144 valence electrons. The molecule has 0 saturated carbocycles. The van der Waals surface area contributed by atoms with Gasteiger partial charge in [0.15, 0.2) is 5.11 Å². The van der Waals surface area contributed by atoms with Gasteiger partial charge in [-0.2, -0.15) is 0 Å². The van der Waals surface area contributed by atoms with Crippen LogP contribution < -0.4 is 10.6 Å². The van der Waals surface area contributed by atoms with Crippen LogP contribution in [0.1, 0.15) is 17.2 Å². The molecule has 0 radical (unpaired) electrons. The number of halogens is 1. The summed E-state index contributed by atoms with van der Waals surface area (Å²) in [6.07, 6.45) is 0.924. The quantitative estimate of drug-likeness (QED) is 0.715. The van der Waals surface area contributed by atoms with E-state index in [4.69, 9.17) is 17.0 Å². The molecule has 1 aliphatic heterocycles.